The summed E-state index contributed by atoms with van der Waals surface area (Å²) in [5.74, 6) is 0. The Hall–Kier alpha value is -1.92. The normalized spacial score (nSPS) is 12.0. The first kappa shape index (κ1) is 16.5. The van der Waals surface area contributed by atoms with Crippen molar-refractivity contribution in [3.63, 3.8) is 0 Å². The molecule has 0 unspecified atom stereocenters. The molecule has 0 spiro atoms. The minimum absolute atomic E-state index is 0.0422. The molecule has 1 aromatic carbocycles. The highest BCUT2D eigenvalue weighted by molar-refractivity contribution is 7.10. The van der Waals surface area contributed by atoms with Crippen LogP contribution in [0.1, 0.15) is 15.3 Å². The van der Waals surface area contributed by atoms with Crippen LogP contribution in [0.5, 0.6) is 0 Å². The fourth-order valence-electron chi connectivity index (χ4n) is 3.27. The van der Waals surface area contributed by atoms with Crippen LogP contribution in [0.4, 0.5) is 0 Å². The van der Waals surface area contributed by atoms with Gasteiger partial charge in [0.15, 0.2) is 0 Å². The summed E-state index contributed by atoms with van der Waals surface area (Å²) in [6, 6.07) is 16.7. The number of fused-ring (bicyclic) bond motifs is 1. The van der Waals surface area contributed by atoms with E-state index < -0.39 is 0 Å². The Bertz CT molecular complexity index is 890. The van der Waals surface area contributed by atoms with E-state index in [1.165, 1.54) is 20.7 Å². The molecule has 0 atom stereocenters. The standard InChI is InChI=1S/C20H21N2OS2/c23-22(14-17-5-3-11-24-17,15-18-6-4-12-25-18)10-9-16-13-21-20-8-2-1-7-19(16)20/h1-8,11-13,21,23H,9-10,14-15H2/q+1. The zero-order valence-corrected chi connectivity index (χ0v) is 15.5. The maximum atomic E-state index is 11.4. The van der Waals surface area contributed by atoms with E-state index >= 15 is 0 Å². The fourth-order valence-corrected chi connectivity index (χ4v) is 4.87. The summed E-state index contributed by atoms with van der Waals surface area (Å²) in [5.41, 5.74) is 2.43. The number of nitrogens with one attached hydrogen (secondary N) is 1. The zero-order chi connectivity index (χ0) is 17.1. The summed E-state index contributed by atoms with van der Waals surface area (Å²) < 4.78 is 0.0422. The second-order valence-electron chi connectivity index (χ2n) is 6.40. The number of nitrogens with zero attached hydrogens (tertiary/aromatic N) is 1. The molecular weight excluding hydrogens is 348 g/mol. The molecule has 0 aliphatic heterocycles. The molecule has 2 N–H and O–H groups in total. The molecule has 0 radical (unpaired) electrons. The number of hydroxylamine groups is 3. The lowest BCUT2D eigenvalue weighted by molar-refractivity contribution is -1.12. The average Bonchev–Trinajstić information content (AvgIpc) is 3.35. The van der Waals surface area contributed by atoms with Crippen LogP contribution in [-0.4, -0.2) is 21.4 Å². The van der Waals surface area contributed by atoms with Crippen LogP contribution in [0.25, 0.3) is 10.9 Å². The molecule has 3 aromatic heterocycles. The van der Waals surface area contributed by atoms with E-state index in [-0.39, 0.29) is 4.65 Å². The van der Waals surface area contributed by atoms with E-state index in [0.717, 1.165) is 11.9 Å². The van der Waals surface area contributed by atoms with E-state index in [1.54, 1.807) is 22.7 Å². The Balaban J connectivity index is 1.55. The van der Waals surface area contributed by atoms with Gasteiger partial charge in [-0.25, -0.2) is 5.21 Å². The Morgan fingerprint density at radius 3 is 2.20 bits per heavy atom. The van der Waals surface area contributed by atoms with Crippen LogP contribution in [0.15, 0.2) is 65.5 Å². The number of benzene rings is 1. The van der Waals surface area contributed by atoms with Crippen molar-refractivity contribution in [2.75, 3.05) is 6.54 Å². The highest BCUT2D eigenvalue weighted by Gasteiger charge is 2.28. The Morgan fingerprint density at radius 2 is 1.56 bits per heavy atom. The first-order chi connectivity index (χ1) is 12.2. The molecule has 3 heterocycles. The molecule has 0 fully saturated rings. The van der Waals surface area contributed by atoms with E-state index in [9.17, 15) is 5.21 Å². The lowest BCUT2D eigenvalue weighted by Gasteiger charge is -2.29. The van der Waals surface area contributed by atoms with Crippen LogP contribution in [0.3, 0.4) is 0 Å². The predicted molar refractivity (Wildman–Crippen MR) is 105 cm³/mol. The monoisotopic (exact) mass is 369 g/mol. The van der Waals surface area contributed by atoms with Crippen LogP contribution in [0, 0.1) is 0 Å². The van der Waals surface area contributed by atoms with Gasteiger partial charge in [-0.3, -0.25) is 0 Å². The summed E-state index contributed by atoms with van der Waals surface area (Å²) in [5, 5.41) is 16.8. The number of aromatic nitrogens is 1. The predicted octanol–water partition coefficient (Wildman–Crippen LogP) is 5.44. The van der Waals surface area contributed by atoms with Gasteiger partial charge < -0.3 is 4.98 Å². The van der Waals surface area contributed by atoms with Gasteiger partial charge in [0.05, 0.1) is 9.75 Å². The van der Waals surface area contributed by atoms with Gasteiger partial charge in [0, 0.05) is 23.5 Å². The van der Waals surface area contributed by atoms with Crippen molar-refractivity contribution in [3.8, 4) is 0 Å². The zero-order valence-electron chi connectivity index (χ0n) is 13.9. The van der Waals surface area contributed by atoms with E-state index in [2.05, 4.69) is 64.4 Å². The number of quaternary nitrogens is 1. The first-order valence-electron chi connectivity index (χ1n) is 8.40. The van der Waals surface area contributed by atoms with Gasteiger partial charge in [-0.2, -0.15) is 4.65 Å². The number of H-pyrrole nitrogens is 1. The number of rotatable bonds is 7. The second kappa shape index (κ2) is 7.14. The van der Waals surface area contributed by atoms with Gasteiger partial charge in [0.1, 0.15) is 19.6 Å². The summed E-state index contributed by atoms with van der Waals surface area (Å²) in [7, 11) is 0. The van der Waals surface area contributed by atoms with E-state index in [0.29, 0.717) is 19.6 Å². The van der Waals surface area contributed by atoms with E-state index in [1.807, 2.05) is 6.07 Å². The molecule has 0 bridgehead atoms. The lowest BCUT2D eigenvalue weighted by atomic mass is 10.1. The van der Waals surface area contributed by atoms with Gasteiger partial charge >= 0.3 is 0 Å². The molecular formula is C20H21N2OS2+. The largest absolute Gasteiger partial charge is 0.361 e. The van der Waals surface area contributed by atoms with Gasteiger partial charge in [-0.05, 0) is 34.5 Å². The molecule has 3 nitrogen and oxygen atoms in total. The summed E-state index contributed by atoms with van der Waals surface area (Å²) in [6.07, 6.45) is 2.92. The van der Waals surface area contributed by atoms with Crippen molar-refractivity contribution in [1.29, 1.82) is 0 Å². The maximum absolute atomic E-state index is 11.4. The van der Waals surface area contributed by atoms with Crippen LogP contribution < -0.4 is 0 Å². The van der Waals surface area contributed by atoms with E-state index in [4.69, 9.17) is 0 Å². The maximum Gasteiger partial charge on any atom is 0.144 e. The first-order valence-corrected chi connectivity index (χ1v) is 10.2. The number of thiophene rings is 2. The Morgan fingerprint density at radius 1 is 0.880 bits per heavy atom. The van der Waals surface area contributed by atoms with Gasteiger partial charge in [-0.15, -0.1) is 22.7 Å². The molecule has 25 heavy (non-hydrogen) atoms. The van der Waals surface area contributed by atoms with Crippen LogP contribution in [-0.2, 0) is 19.5 Å². The number of hydrogen-bond donors (Lipinski definition) is 2. The van der Waals surface area contributed by atoms with Crippen molar-refractivity contribution in [2.24, 2.45) is 0 Å². The Kier molecular flexibility index (Phi) is 4.72. The van der Waals surface area contributed by atoms with Crippen molar-refractivity contribution in [1.82, 2.24) is 4.98 Å². The number of hydrogen-bond acceptors (Lipinski definition) is 3. The summed E-state index contributed by atoms with van der Waals surface area (Å²) in [6.45, 7) is 1.99. The molecule has 0 saturated carbocycles. The van der Waals surface area contributed by atoms with Crippen molar-refractivity contribution >= 4 is 33.6 Å². The third-order valence-corrected chi connectivity index (χ3v) is 6.26. The van der Waals surface area contributed by atoms with Crippen LogP contribution >= 0.6 is 22.7 Å². The van der Waals surface area contributed by atoms with Crippen molar-refractivity contribution in [2.45, 2.75) is 19.5 Å². The smallest absolute Gasteiger partial charge is 0.144 e. The molecule has 0 saturated heterocycles. The van der Waals surface area contributed by atoms with Crippen LogP contribution in [0.2, 0.25) is 0 Å². The molecule has 4 rings (SSSR count). The topological polar surface area (TPSA) is 36.0 Å². The Labute approximate surface area is 155 Å². The third kappa shape index (κ3) is 3.85. The summed E-state index contributed by atoms with van der Waals surface area (Å²) >= 11 is 3.42. The molecule has 5 heteroatoms. The minimum Gasteiger partial charge on any atom is -0.361 e. The van der Waals surface area contributed by atoms with Gasteiger partial charge in [-0.1, -0.05) is 30.3 Å². The quantitative estimate of drug-likeness (QED) is 0.330. The molecule has 0 amide bonds. The SMILES string of the molecule is O[N+](CCc1c[nH]c2ccccc12)(Cc1cccs1)Cc1cccs1. The molecule has 0 aliphatic carbocycles. The third-order valence-electron chi connectivity index (χ3n) is 4.53. The highest BCUT2D eigenvalue weighted by Crippen LogP contribution is 2.25. The lowest BCUT2D eigenvalue weighted by Crippen LogP contribution is -2.44. The summed E-state index contributed by atoms with van der Waals surface area (Å²) in [4.78, 5) is 5.77. The average molecular weight is 370 g/mol. The van der Waals surface area contributed by atoms with Crippen molar-refractivity contribution < 1.29 is 9.85 Å². The minimum atomic E-state index is 0.0422. The second-order valence-corrected chi connectivity index (χ2v) is 8.47. The number of aromatic amines is 1. The van der Waals surface area contributed by atoms with Crippen molar-refractivity contribution in [3.05, 3.63) is 80.8 Å². The molecule has 4 aromatic rings. The number of para-hydroxylation sites is 1. The molecule has 128 valence electrons. The highest BCUT2D eigenvalue weighted by atomic mass is 32.1. The molecule has 0 aliphatic rings. The fraction of sp³-hybridized carbons (Fsp3) is 0.200. The van der Waals surface area contributed by atoms with Gasteiger partial charge in [0.2, 0.25) is 0 Å². The van der Waals surface area contributed by atoms with Gasteiger partial charge in [0.25, 0.3) is 0 Å².